The number of piperazine rings is 1. The van der Waals surface area contributed by atoms with E-state index in [0.29, 0.717) is 13.0 Å². The molecule has 3 N–H and O–H groups in total. The molecule has 0 bridgehead atoms. The molecule has 0 spiro atoms. The van der Waals surface area contributed by atoms with Crippen LogP contribution in [0.2, 0.25) is 0 Å². The largest absolute Gasteiger partial charge is 0.348 e. The van der Waals surface area contributed by atoms with Crippen molar-refractivity contribution in [1.82, 2.24) is 10.2 Å². The summed E-state index contributed by atoms with van der Waals surface area (Å²) in [6.45, 7) is 4.37. The summed E-state index contributed by atoms with van der Waals surface area (Å²) in [7, 11) is 0. The van der Waals surface area contributed by atoms with E-state index in [2.05, 4.69) is 5.32 Å². The number of nitrogens with zero attached hydrogens (tertiary/aromatic N) is 1. The molecule has 0 unspecified atom stereocenters. The Hall–Kier alpha value is -1.88. The van der Waals surface area contributed by atoms with E-state index in [0.717, 1.165) is 5.56 Å². The second kappa shape index (κ2) is 5.63. The van der Waals surface area contributed by atoms with Gasteiger partial charge in [0.1, 0.15) is 0 Å². The summed E-state index contributed by atoms with van der Waals surface area (Å²) in [4.78, 5) is 25.5. The van der Waals surface area contributed by atoms with Gasteiger partial charge in [-0.3, -0.25) is 9.59 Å². The fourth-order valence-electron chi connectivity index (χ4n) is 2.51. The first-order valence-electron chi connectivity index (χ1n) is 6.77. The monoisotopic (exact) mass is 275 g/mol. The van der Waals surface area contributed by atoms with Gasteiger partial charge >= 0.3 is 0 Å². The van der Waals surface area contributed by atoms with Gasteiger partial charge in [0.2, 0.25) is 11.8 Å². The van der Waals surface area contributed by atoms with Crippen molar-refractivity contribution in [2.75, 3.05) is 13.1 Å². The van der Waals surface area contributed by atoms with Crippen LogP contribution in [0.25, 0.3) is 0 Å². The molecule has 108 valence electrons. The molecule has 2 rings (SSSR count). The van der Waals surface area contributed by atoms with Crippen molar-refractivity contribution in [3.05, 3.63) is 35.9 Å². The lowest BCUT2D eigenvalue weighted by Crippen LogP contribution is -2.63. The molecule has 1 atom stereocenters. The van der Waals surface area contributed by atoms with E-state index >= 15 is 0 Å². The maximum absolute atomic E-state index is 12.4. The highest BCUT2D eigenvalue weighted by Gasteiger charge is 2.34. The maximum Gasteiger partial charge on any atom is 0.240 e. The molecule has 0 aromatic heterocycles. The Kier molecular flexibility index (Phi) is 4.09. The van der Waals surface area contributed by atoms with Crippen LogP contribution in [0, 0.1) is 0 Å². The maximum atomic E-state index is 12.4. The molecule has 1 heterocycles. The van der Waals surface area contributed by atoms with Crippen LogP contribution in [0.3, 0.4) is 0 Å². The molecule has 1 aliphatic rings. The number of hydrogen-bond acceptors (Lipinski definition) is 3. The van der Waals surface area contributed by atoms with Crippen molar-refractivity contribution in [1.29, 1.82) is 0 Å². The predicted octanol–water partition coefficient (Wildman–Crippen LogP) is 0.293. The molecular formula is C15H21N3O2. The molecule has 0 aliphatic carbocycles. The number of benzene rings is 1. The average molecular weight is 275 g/mol. The van der Waals surface area contributed by atoms with E-state index in [-0.39, 0.29) is 18.4 Å². The highest BCUT2D eigenvalue weighted by Crippen LogP contribution is 2.13. The lowest BCUT2D eigenvalue weighted by molar-refractivity contribution is -0.142. The van der Waals surface area contributed by atoms with Gasteiger partial charge in [0.25, 0.3) is 0 Å². The number of nitrogens with two attached hydrogens (primary N) is 1. The average Bonchev–Trinajstić information content (AvgIpc) is 2.36. The fourth-order valence-corrected chi connectivity index (χ4v) is 2.51. The van der Waals surface area contributed by atoms with Crippen molar-refractivity contribution < 1.29 is 9.59 Å². The minimum absolute atomic E-state index is 0.0880. The van der Waals surface area contributed by atoms with E-state index in [1.165, 1.54) is 0 Å². The lowest BCUT2D eigenvalue weighted by Gasteiger charge is -2.39. The van der Waals surface area contributed by atoms with Crippen LogP contribution >= 0.6 is 0 Å². The number of nitrogens with one attached hydrogen (secondary N) is 1. The summed E-state index contributed by atoms with van der Waals surface area (Å²) < 4.78 is 0. The lowest BCUT2D eigenvalue weighted by atomic mass is 10.00. The minimum Gasteiger partial charge on any atom is -0.348 e. The topological polar surface area (TPSA) is 75.4 Å². The smallest absolute Gasteiger partial charge is 0.240 e. The van der Waals surface area contributed by atoms with Gasteiger partial charge in [-0.05, 0) is 25.8 Å². The zero-order valence-corrected chi connectivity index (χ0v) is 11.9. The number of carbonyl (C=O) groups excluding carboxylic acids is 2. The van der Waals surface area contributed by atoms with Crippen LogP contribution in [-0.2, 0) is 16.0 Å². The molecule has 1 aromatic carbocycles. The summed E-state index contributed by atoms with van der Waals surface area (Å²) >= 11 is 0. The van der Waals surface area contributed by atoms with Gasteiger partial charge in [-0.25, -0.2) is 0 Å². The molecule has 1 fully saturated rings. The second-order valence-electron chi connectivity index (χ2n) is 5.92. The molecule has 1 aliphatic heterocycles. The van der Waals surface area contributed by atoms with Crippen molar-refractivity contribution in [3.8, 4) is 0 Å². The van der Waals surface area contributed by atoms with Gasteiger partial charge in [-0.15, -0.1) is 0 Å². The van der Waals surface area contributed by atoms with Crippen LogP contribution in [0.1, 0.15) is 19.4 Å². The molecule has 0 radical (unpaired) electrons. The molecule has 5 heteroatoms. The second-order valence-corrected chi connectivity index (χ2v) is 5.92. The molecule has 2 amide bonds. The van der Waals surface area contributed by atoms with Crippen LogP contribution in [0.5, 0.6) is 0 Å². The van der Waals surface area contributed by atoms with Crippen molar-refractivity contribution >= 4 is 11.8 Å². The van der Waals surface area contributed by atoms with Crippen molar-refractivity contribution in [2.45, 2.75) is 31.8 Å². The van der Waals surface area contributed by atoms with E-state index in [1.54, 1.807) is 4.90 Å². The van der Waals surface area contributed by atoms with Crippen LogP contribution in [0.4, 0.5) is 0 Å². The summed E-state index contributed by atoms with van der Waals surface area (Å²) in [5.41, 5.74) is 6.61. The SMILES string of the molecule is CC1(C)CN(C(=O)[C@@H](N)Cc2ccccc2)CC(=O)N1. The third-order valence-electron chi connectivity index (χ3n) is 3.33. The zero-order chi connectivity index (χ0) is 14.8. The Morgan fingerprint density at radius 2 is 2.05 bits per heavy atom. The summed E-state index contributed by atoms with van der Waals surface area (Å²) in [5, 5.41) is 2.86. The molecule has 5 nitrogen and oxygen atoms in total. The van der Waals surface area contributed by atoms with Gasteiger partial charge < -0.3 is 16.0 Å². The standard InChI is InChI=1S/C15H21N3O2/c1-15(2)10-18(9-13(19)17-15)14(20)12(16)8-11-6-4-3-5-7-11/h3-7,12H,8-10,16H2,1-2H3,(H,17,19)/t12-/m0/s1. The normalized spacial score (nSPS) is 19.4. The molecule has 1 saturated heterocycles. The zero-order valence-electron chi connectivity index (χ0n) is 11.9. The predicted molar refractivity (Wildman–Crippen MR) is 76.9 cm³/mol. The van der Waals surface area contributed by atoms with Crippen LogP contribution in [0.15, 0.2) is 30.3 Å². The van der Waals surface area contributed by atoms with Crippen LogP contribution in [-0.4, -0.2) is 41.4 Å². The number of amides is 2. The van der Waals surface area contributed by atoms with Gasteiger partial charge in [-0.1, -0.05) is 30.3 Å². The number of rotatable bonds is 3. The molecular weight excluding hydrogens is 254 g/mol. The summed E-state index contributed by atoms with van der Waals surface area (Å²) in [6, 6.07) is 9.04. The number of carbonyl (C=O) groups is 2. The quantitative estimate of drug-likeness (QED) is 0.832. The van der Waals surface area contributed by atoms with Gasteiger partial charge in [0, 0.05) is 6.54 Å². The molecule has 1 aromatic rings. The first kappa shape index (κ1) is 14.5. The Labute approximate surface area is 119 Å². The Bertz CT molecular complexity index is 499. The molecule has 0 saturated carbocycles. The summed E-state index contributed by atoms with van der Waals surface area (Å²) in [6.07, 6.45) is 0.484. The summed E-state index contributed by atoms with van der Waals surface area (Å²) in [5.74, 6) is -0.307. The highest BCUT2D eigenvalue weighted by atomic mass is 16.2. The first-order valence-corrected chi connectivity index (χ1v) is 6.77. The Morgan fingerprint density at radius 3 is 2.65 bits per heavy atom. The Balaban J connectivity index is 2.01. The van der Waals surface area contributed by atoms with Gasteiger partial charge in [0.05, 0.1) is 18.1 Å². The third-order valence-corrected chi connectivity index (χ3v) is 3.33. The first-order chi connectivity index (χ1) is 9.37. The minimum atomic E-state index is -0.612. The van der Waals surface area contributed by atoms with Crippen molar-refractivity contribution in [3.63, 3.8) is 0 Å². The number of hydrogen-bond donors (Lipinski definition) is 2. The van der Waals surface area contributed by atoms with Gasteiger partial charge in [0.15, 0.2) is 0 Å². The Morgan fingerprint density at radius 1 is 1.40 bits per heavy atom. The molecule has 20 heavy (non-hydrogen) atoms. The van der Waals surface area contributed by atoms with E-state index in [1.807, 2.05) is 44.2 Å². The van der Waals surface area contributed by atoms with E-state index < -0.39 is 11.6 Å². The third kappa shape index (κ3) is 3.57. The highest BCUT2D eigenvalue weighted by molar-refractivity contribution is 5.89. The van der Waals surface area contributed by atoms with Gasteiger partial charge in [-0.2, -0.15) is 0 Å². The van der Waals surface area contributed by atoms with Crippen molar-refractivity contribution in [2.24, 2.45) is 5.73 Å². The fraction of sp³-hybridized carbons (Fsp3) is 0.467. The van der Waals surface area contributed by atoms with Crippen LogP contribution < -0.4 is 11.1 Å². The van der Waals surface area contributed by atoms with E-state index in [4.69, 9.17) is 5.73 Å². The van der Waals surface area contributed by atoms with E-state index in [9.17, 15) is 9.59 Å².